The first-order valence-corrected chi connectivity index (χ1v) is 7.91. The highest BCUT2D eigenvalue weighted by atomic mass is 32.2. The van der Waals surface area contributed by atoms with Crippen molar-refractivity contribution in [1.82, 2.24) is 15.4 Å². The molecule has 20 heavy (non-hydrogen) atoms. The van der Waals surface area contributed by atoms with Crippen LogP contribution in [0.3, 0.4) is 0 Å². The monoisotopic (exact) mass is 299 g/mol. The zero-order valence-corrected chi connectivity index (χ0v) is 12.6. The van der Waals surface area contributed by atoms with Crippen LogP contribution in [0, 0.1) is 0 Å². The molecule has 0 unspecified atom stereocenters. The van der Waals surface area contributed by atoms with E-state index in [1.54, 1.807) is 24.3 Å². The van der Waals surface area contributed by atoms with Crippen LogP contribution in [-0.2, 0) is 21.2 Å². The smallest absolute Gasteiger partial charge is 0.240 e. The third-order valence-corrected chi connectivity index (χ3v) is 4.27. The first-order valence-electron chi connectivity index (χ1n) is 6.43. The van der Waals surface area contributed by atoms with E-state index in [4.69, 9.17) is 0 Å². The minimum Gasteiger partial charge on any atom is -0.355 e. The second-order valence-electron chi connectivity index (χ2n) is 4.31. The zero-order valence-electron chi connectivity index (χ0n) is 11.8. The van der Waals surface area contributed by atoms with Gasteiger partial charge in [0.05, 0.1) is 4.90 Å². The van der Waals surface area contributed by atoms with E-state index >= 15 is 0 Å². The Morgan fingerprint density at radius 1 is 1.10 bits per heavy atom. The van der Waals surface area contributed by atoms with Gasteiger partial charge in [-0.1, -0.05) is 12.1 Å². The van der Waals surface area contributed by atoms with Gasteiger partial charge < -0.3 is 10.6 Å². The van der Waals surface area contributed by atoms with Gasteiger partial charge >= 0.3 is 0 Å². The summed E-state index contributed by atoms with van der Waals surface area (Å²) in [5.74, 6) is -0.00725. The lowest BCUT2D eigenvalue weighted by Crippen LogP contribution is -2.30. The second kappa shape index (κ2) is 7.98. The third kappa shape index (κ3) is 5.28. The van der Waals surface area contributed by atoms with Crippen LogP contribution in [0.2, 0.25) is 0 Å². The number of rotatable bonds is 8. The van der Waals surface area contributed by atoms with Crippen molar-refractivity contribution in [2.75, 3.05) is 27.2 Å². The minimum absolute atomic E-state index is 0.00725. The van der Waals surface area contributed by atoms with E-state index in [9.17, 15) is 13.2 Å². The average molecular weight is 299 g/mol. The van der Waals surface area contributed by atoms with Gasteiger partial charge in [0.25, 0.3) is 0 Å². The Morgan fingerprint density at radius 3 is 2.30 bits per heavy atom. The molecule has 0 bridgehead atoms. The van der Waals surface area contributed by atoms with Crippen molar-refractivity contribution in [3.8, 4) is 0 Å². The van der Waals surface area contributed by atoms with Gasteiger partial charge in [-0.05, 0) is 38.2 Å². The summed E-state index contributed by atoms with van der Waals surface area (Å²) in [5, 5.41) is 5.74. The molecular weight excluding hydrogens is 278 g/mol. The lowest BCUT2D eigenvalue weighted by Gasteiger charge is -2.06. The Hall–Kier alpha value is -1.44. The molecule has 0 saturated heterocycles. The summed E-state index contributed by atoms with van der Waals surface area (Å²) in [6.45, 7) is 1.34. The summed E-state index contributed by atoms with van der Waals surface area (Å²) < 4.78 is 25.3. The number of nitrogens with one attached hydrogen (secondary N) is 3. The fourth-order valence-electron chi connectivity index (χ4n) is 1.63. The number of benzene rings is 1. The Morgan fingerprint density at radius 2 is 1.75 bits per heavy atom. The highest BCUT2D eigenvalue weighted by Gasteiger charge is 2.10. The molecule has 0 saturated carbocycles. The van der Waals surface area contributed by atoms with Crippen molar-refractivity contribution in [2.45, 2.75) is 17.7 Å². The number of carbonyl (C=O) groups is 1. The highest BCUT2D eigenvalue weighted by Crippen LogP contribution is 2.11. The fraction of sp³-hybridized carbons (Fsp3) is 0.462. The summed E-state index contributed by atoms with van der Waals surface area (Å²) in [5.41, 5.74) is 0.934. The van der Waals surface area contributed by atoms with Gasteiger partial charge in [0.2, 0.25) is 15.9 Å². The van der Waals surface area contributed by atoms with Gasteiger partial charge in [0.1, 0.15) is 0 Å². The van der Waals surface area contributed by atoms with Gasteiger partial charge in [-0.3, -0.25) is 4.79 Å². The topological polar surface area (TPSA) is 87.3 Å². The molecule has 1 rings (SSSR count). The number of amides is 1. The molecule has 0 aliphatic rings. The lowest BCUT2D eigenvalue weighted by atomic mass is 10.1. The molecule has 1 amide bonds. The minimum atomic E-state index is -3.40. The molecule has 0 aromatic heterocycles. The third-order valence-electron chi connectivity index (χ3n) is 2.84. The van der Waals surface area contributed by atoms with Crippen LogP contribution in [0.25, 0.3) is 0 Å². The van der Waals surface area contributed by atoms with E-state index in [1.807, 2.05) is 7.05 Å². The summed E-state index contributed by atoms with van der Waals surface area (Å²) >= 11 is 0. The molecule has 0 aliphatic heterocycles. The first kappa shape index (κ1) is 16.6. The van der Waals surface area contributed by atoms with Crippen LogP contribution in [-0.4, -0.2) is 41.5 Å². The van der Waals surface area contributed by atoms with Crippen molar-refractivity contribution in [3.05, 3.63) is 29.8 Å². The normalized spacial score (nSPS) is 11.3. The van der Waals surface area contributed by atoms with E-state index in [-0.39, 0.29) is 10.8 Å². The van der Waals surface area contributed by atoms with Gasteiger partial charge in [-0.2, -0.15) is 0 Å². The molecule has 112 valence electrons. The lowest BCUT2D eigenvalue weighted by molar-refractivity contribution is -0.121. The molecule has 0 aliphatic carbocycles. The highest BCUT2D eigenvalue weighted by molar-refractivity contribution is 7.89. The van der Waals surface area contributed by atoms with Gasteiger partial charge in [0.15, 0.2) is 0 Å². The summed E-state index contributed by atoms with van der Waals surface area (Å²) in [6.07, 6.45) is 0.979. The molecular formula is C13H21N3O3S. The summed E-state index contributed by atoms with van der Waals surface area (Å²) in [6, 6.07) is 6.54. The fourth-order valence-corrected chi connectivity index (χ4v) is 2.36. The number of sulfonamides is 1. The summed E-state index contributed by atoms with van der Waals surface area (Å²) in [4.78, 5) is 11.7. The molecule has 1 aromatic rings. The van der Waals surface area contributed by atoms with Crippen LogP contribution in [0.1, 0.15) is 12.0 Å². The molecule has 0 atom stereocenters. The molecule has 0 fully saturated rings. The number of aryl methyl sites for hydroxylation is 1. The van der Waals surface area contributed by atoms with Crippen LogP contribution in [0.15, 0.2) is 29.2 Å². The maximum Gasteiger partial charge on any atom is 0.240 e. The van der Waals surface area contributed by atoms with Crippen LogP contribution >= 0.6 is 0 Å². The zero-order chi connectivity index (χ0) is 15.0. The van der Waals surface area contributed by atoms with E-state index in [0.717, 1.165) is 12.1 Å². The molecule has 0 radical (unpaired) electrons. The van der Waals surface area contributed by atoms with Crippen LogP contribution in [0.5, 0.6) is 0 Å². The number of carbonyl (C=O) groups excluding carboxylic acids is 1. The van der Waals surface area contributed by atoms with Crippen LogP contribution in [0.4, 0.5) is 0 Å². The van der Waals surface area contributed by atoms with E-state index in [2.05, 4.69) is 15.4 Å². The van der Waals surface area contributed by atoms with E-state index in [1.165, 1.54) is 7.05 Å². The standard InChI is InChI=1S/C13H21N3O3S/c1-14-9-10-16-13(17)8-5-11-3-6-12(7-4-11)20(18,19)15-2/h3-4,6-7,14-15H,5,8-10H2,1-2H3,(H,16,17). The van der Waals surface area contributed by atoms with Gasteiger partial charge in [0, 0.05) is 19.5 Å². The SMILES string of the molecule is CNCCNC(=O)CCc1ccc(S(=O)(=O)NC)cc1. The molecule has 0 heterocycles. The van der Waals surface area contributed by atoms with Crippen LogP contribution < -0.4 is 15.4 Å². The predicted molar refractivity (Wildman–Crippen MR) is 77.9 cm³/mol. The number of hydrogen-bond donors (Lipinski definition) is 3. The Bertz CT molecular complexity index is 526. The average Bonchev–Trinajstić information content (AvgIpc) is 2.46. The quantitative estimate of drug-likeness (QED) is 0.583. The van der Waals surface area contributed by atoms with E-state index < -0.39 is 10.0 Å². The molecule has 7 heteroatoms. The number of likely N-dealkylation sites (N-methyl/N-ethyl adjacent to an activating group) is 1. The maximum atomic E-state index is 11.5. The Kier molecular flexibility index (Phi) is 6.63. The number of hydrogen-bond acceptors (Lipinski definition) is 4. The maximum absolute atomic E-state index is 11.5. The van der Waals surface area contributed by atoms with Gasteiger partial charge in [-0.15, -0.1) is 0 Å². The molecule has 3 N–H and O–H groups in total. The van der Waals surface area contributed by atoms with Crippen molar-refractivity contribution in [1.29, 1.82) is 0 Å². The largest absolute Gasteiger partial charge is 0.355 e. The van der Waals surface area contributed by atoms with Crippen molar-refractivity contribution >= 4 is 15.9 Å². The van der Waals surface area contributed by atoms with Crippen molar-refractivity contribution in [2.24, 2.45) is 0 Å². The Labute approximate surface area is 120 Å². The predicted octanol–water partition coefficient (Wildman–Crippen LogP) is -0.137. The second-order valence-corrected chi connectivity index (χ2v) is 6.19. The molecule has 6 nitrogen and oxygen atoms in total. The van der Waals surface area contributed by atoms with Gasteiger partial charge in [-0.25, -0.2) is 13.1 Å². The van der Waals surface area contributed by atoms with E-state index in [0.29, 0.717) is 19.4 Å². The molecule has 0 spiro atoms. The van der Waals surface area contributed by atoms with Crippen molar-refractivity contribution in [3.63, 3.8) is 0 Å². The molecule has 1 aromatic carbocycles. The first-order chi connectivity index (χ1) is 9.49. The Balaban J connectivity index is 2.48. The summed E-state index contributed by atoms with van der Waals surface area (Å²) in [7, 11) is -0.197. The van der Waals surface area contributed by atoms with Crippen molar-refractivity contribution < 1.29 is 13.2 Å².